The van der Waals surface area contributed by atoms with Gasteiger partial charge >= 0.3 is 0 Å². The summed E-state index contributed by atoms with van der Waals surface area (Å²) in [7, 11) is 5.62. The Balaban J connectivity index is 1.82. The van der Waals surface area contributed by atoms with Gasteiger partial charge in [-0.05, 0) is 69.0 Å². The first-order valence-electron chi connectivity index (χ1n) is 8.93. The van der Waals surface area contributed by atoms with E-state index in [-0.39, 0.29) is 11.8 Å². The van der Waals surface area contributed by atoms with E-state index in [1.54, 1.807) is 31.4 Å². The predicted molar refractivity (Wildman–Crippen MR) is 106 cm³/mol. The van der Waals surface area contributed by atoms with Gasteiger partial charge in [0, 0.05) is 24.2 Å². The number of carbonyl (C=O) groups excluding carboxylic acids is 2. The Bertz CT molecular complexity index is 740. The number of hydrogen-bond donors (Lipinski definition) is 2. The zero-order valence-corrected chi connectivity index (χ0v) is 16.1. The number of hydrogen-bond acceptors (Lipinski definition) is 4. The number of carbonyl (C=O) groups is 2. The molecule has 0 aliphatic rings. The van der Waals surface area contributed by atoms with Crippen LogP contribution in [0.5, 0.6) is 5.75 Å². The first kappa shape index (κ1) is 20.5. The van der Waals surface area contributed by atoms with Crippen molar-refractivity contribution < 1.29 is 14.3 Å². The molecule has 0 aliphatic carbocycles. The monoisotopic (exact) mass is 369 g/mol. The van der Waals surface area contributed by atoms with Gasteiger partial charge in [-0.25, -0.2) is 0 Å². The third-order valence-corrected chi connectivity index (χ3v) is 4.09. The van der Waals surface area contributed by atoms with Gasteiger partial charge < -0.3 is 20.3 Å². The number of methoxy groups -OCH3 is 1. The van der Waals surface area contributed by atoms with Crippen molar-refractivity contribution in [3.05, 3.63) is 65.2 Å². The van der Waals surface area contributed by atoms with Crippen LogP contribution in [0.1, 0.15) is 32.7 Å². The fraction of sp³-hybridized carbons (Fsp3) is 0.333. The molecule has 27 heavy (non-hydrogen) atoms. The van der Waals surface area contributed by atoms with E-state index in [2.05, 4.69) is 15.5 Å². The SMILES string of the molecule is COc1ccc(CNC(=O)c2ccc(C(=O)NCCCN(C)C)cc2)cc1. The number of rotatable bonds is 9. The lowest BCUT2D eigenvalue weighted by Gasteiger charge is -2.10. The summed E-state index contributed by atoms with van der Waals surface area (Å²) >= 11 is 0. The third kappa shape index (κ3) is 6.75. The normalized spacial score (nSPS) is 10.5. The van der Waals surface area contributed by atoms with Gasteiger partial charge in [-0.15, -0.1) is 0 Å². The summed E-state index contributed by atoms with van der Waals surface area (Å²) in [5.74, 6) is 0.475. The number of ether oxygens (including phenoxy) is 1. The maximum Gasteiger partial charge on any atom is 0.251 e. The van der Waals surface area contributed by atoms with Crippen molar-refractivity contribution in [1.82, 2.24) is 15.5 Å². The van der Waals surface area contributed by atoms with Crippen molar-refractivity contribution in [2.24, 2.45) is 0 Å². The molecule has 0 radical (unpaired) electrons. The maximum absolute atomic E-state index is 12.3. The number of amides is 2. The molecule has 2 N–H and O–H groups in total. The van der Waals surface area contributed by atoms with Crippen molar-refractivity contribution in [2.75, 3.05) is 34.3 Å². The molecule has 0 unspecified atom stereocenters. The molecule has 0 heterocycles. The van der Waals surface area contributed by atoms with E-state index in [4.69, 9.17) is 4.74 Å². The minimum Gasteiger partial charge on any atom is -0.497 e. The molecule has 0 fully saturated rings. The van der Waals surface area contributed by atoms with E-state index >= 15 is 0 Å². The Labute approximate surface area is 160 Å². The molecule has 0 spiro atoms. The van der Waals surface area contributed by atoms with Crippen LogP contribution in [-0.2, 0) is 6.54 Å². The second-order valence-electron chi connectivity index (χ2n) is 6.52. The Morgan fingerprint density at radius 3 is 1.96 bits per heavy atom. The van der Waals surface area contributed by atoms with E-state index in [0.29, 0.717) is 24.2 Å². The van der Waals surface area contributed by atoms with Crippen molar-refractivity contribution in [2.45, 2.75) is 13.0 Å². The summed E-state index contributed by atoms with van der Waals surface area (Å²) in [4.78, 5) is 26.4. The fourth-order valence-electron chi connectivity index (χ4n) is 2.50. The van der Waals surface area contributed by atoms with E-state index < -0.39 is 0 Å². The molecule has 0 atom stereocenters. The van der Waals surface area contributed by atoms with Gasteiger partial charge in [0.05, 0.1) is 7.11 Å². The topological polar surface area (TPSA) is 70.7 Å². The summed E-state index contributed by atoms with van der Waals surface area (Å²) in [6, 6.07) is 14.2. The minimum absolute atomic E-state index is 0.126. The largest absolute Gasteiger partial charge is 0.497 e. The number of nitrogens with zero attached hydrogens (tertiary/aromatic N) is 1. The molecule has 2 rings (SSSR count). The van der Waals surface area contributed by atoms with E-state index in [9.17, 15) is 9.59 Å². The lowest BCUT2D eigenvalue weighted by Crippen LogP contribution is -2.27. The van der Waals surface area contributed by atoms with Crippen molar-refractivity contribution >= 4 is 11.8 Å². The van der Waals surface area contributed by atoms with Crippen LogP contribution in [-0.4, -0.2) is 51.0 Å². The van der Waals surface area contributed by atoms with Gasteiger partial charge in [-0.3, -0.25) is 9.59 Å². The van der Waals surface area contributed by atoms with Gasteiger partial charge in [0.1, 0.15) is 5.75 Å². The molecule has 0 aliphatic heterocycles. The summed E-state index contributed by atoms with van der Waals surface area (Å²) in [5, 5.41) is 5.75. The van der Waals surface area contributed by atoms with Crippen LogP contribution in [0.3, 0.4) is 0 Å². The smallest absolute Gasteiger partial charge is 0.251 e. The highest BCUT2D eigenvalue weighted by Crippen LogP contribution is 2.11. The lowest BCUT2D eigenvalue weighted by atomic mass is 10.1. The van der Waals surface area contributed by atoms with Gasteiger partial charge in [0.25, 0.3) is 11.8 Å². The summed E-state index contributed by atoms with van der Waals surface area (Å²) in [6.07, 6.45) is 0.893. The first-order chi connectivity index (χ1) is 13.0. The van der Waals surface area contributed by atoms with Crippen molar-refractivity contribution in [3.8, 4) is 5.75 Å². The summed E-state index contributed by atoms with van der Waals surface area (Å²) in [6.45, 7) is 1.98. The average Bonchev–Trinajstić information content (AvgIpc) is 2.69. The molecule has 0 saturated carbocycles. The van der Waals surface area contributed by atoms with E-state index in [1.807, 2.05) is 38.4 Å². The zero-order valence-electron chi connectivity index (χ0n) is 16.1. The van der Waals surface area contributed by atoms with Crippen LogP contribution < -0.4 is 15.4 Å². The highest BCUT2D eigenvalue weighted by atomic mass is 16.5. The van der Waals surface area contributed by atoms with Crippen molar-refractivity contribution in [3.63, 3.8) is 0 Å². The van der Waals surface area contributed by atoms with Crippen LogP contribution in [0.25, 0.3) is 0 Å². The van der Waals surface area contributed by atoms with Crippen LogP contribution >= 0.6 is 0 Å². The highest BCUT2D eigenvalue weighted by molar-refractivity contribution is 5.97. The van der Waals surface area contributed by atoms with Gasteiger partial charge in [-0.1, -0.05) is 12.1 Å². The quantitative estimate of drug-likeness (QED) is 0.666. The van der Waals surface area contributed by atoms with Crippen LogP contribution in [0.4, 0.5) is 0 Å². The highest BCUT2D eigenvalue weighted by Gasteiger charge is 2.09. The Kier molecular flexibility index (Phi) is 7.82. The molecule has 0 aromatic heterocycles. The maximum atomic E-state index is 12.3. The molecule has 6 nitrogen and oxygen atoms in total. The van der Waals surface area contributed by atoms with Crippen molar-refractivity contribution in [1.29, 1.82) is 0 Å². The number of benzene rings is 2. The lowest BCUT2D eigenvalue weighted by molar-refractivity contribution is 0.0939. The van der Waals surface area contributed by atoms with E-state index in [1.165, 1.54) is 0 Å². The van der Waals surface area contributed by atoms with Gasteiger partial charge in [0.2, 0.25) is 0 Å². The van der Waals surface area contributed by atoms with Crippen LogP contribution in [0, 0.1) is 0 Å². The molecular formula is C21H27N3O3. The Morgan fingerprint density at radius 2 is 1.44 bits per heavy atom. The molecule has 0 bridgehead atoms. The summed E-state index contributed by atoms with van der Waals surface area (Å²) < 4.78 is 5.11. The molecule has 2 aromatic rings. The Hall–Kier alpha value is -2.86. The molecule has 2 aromatic carbocycles. The molecule has 144 valence electrons. The molecule has 6 heteroatoms. The Morgan fingerprint density at radius 1 is 0.889 bits per heavy atom. The average molecular weight is 369 g/mol. The zero-order chi connectivity index (χ0) is 19.6. The van der Waals surface area contributed by atoms with Gasteiger partial charge in [-0.2, -0.15) is 0 Å². The molecular weight excluding hydrogens is 342 g/mol. The first-order valence-corrected chi connectivity index (χ1v) is 8.93. The minimum atomic E-state index is -0.177. The predicted octanol–water partition coefficient (Wildman–Crippen LogP) is 2.31. The molecule has 2 amide bonds. The van der Waals surface area contributed by atoms with Crippen LogP contribution in [0.2, 0.25) is 0 Å². The standard InChI is InChI=1S/C21H27N3O3/c1-24(2)14-4-13-22-20(25)17-7-9-18(10-8-17)21(26)23-15-16-5-11-19(27-3)12-6-16/h5-12H,4,13-15H2,1-3H3,(H,22,25)(H,23,26). The fourth-order valence-corrected chi connectivity index (χ4v) is 2.50. The second-order valence-corrected chi connectivity index (χ2v) is 6.52. The molecule has 0 saturated heterocycles. The van der Waals surface area contributed by atoms with E-state index in [0.717, 1.165) is 24.3 Å². The third-order valence-electron chi connectivity index (χ3n) is 4.09. The van der Waals surface area contributed by atoms with Gasteiger partial charge in [0.15, 0.2) is 0 Å². The second kappa shape index (κ2) is 10.3. The number of nitrogens with one attached hydrogen (secondary N) is 2. The summed E-state index contributed by atoms with van der Waals surface area (Å²) in [5.41, 5.74) is 2.05. The van der Waals surface area contributed by atoms with Crippen LogP contribution in [0.15, 0.2) is 48.5 Å².